The SMILES string of the molecule is CC(O)CN(CC(C)(C)C)C(C)C. The van der Waals surface area contributed by atoms with Gasteiger partial charge in [-0.3, -0.25) is 4.90 Å². The highest BCUT2D eigenvalue weighted by atomic mass is 16.3. The Kier molecular flexibility index (Phi) is 4.93. The summed E-state index contributed by atoms with van der Waals surface area (Å²) in [5, 5.41) is 9.33. The fourth-order valence-electron chi connectivity index (χ4n) is 1.41. The molecule has 2 heteroatoms. The molecule has 13 heavy (non-hydrogen) atoms. The first-order chi connectivity index (χ1) is 5.72. The van der Waals surface area contributed by atoms with Crippen molar-refractivity contribution in [2.45, 2.75) is 53.7 Å². The quantitative estimate of drug-likeness (QED) is 0.729. The average molecular weight is 187 g/mol. The number of hydrogen-bond acceptors (Lipinski definition) is 2. The Morgan fingerprint density at radius 1 is 1.15 bits per heavy atom. The minimum atomic E-state index is -0.232. The van der Waals surface area contributed by atoms with Crippen LogP contribution in [0.4, 0.5) is 0 Å². The summed E-state index contributed by atoms with van der Waals surface area (Å²) >= 11 is 0. The number of hydrogen-bond donors (Lipinski definition) is 1. The summed E-state index contributed by atoms with van der Waals surface area (Å²) in [4.78, 5) is 2.32. The molecule has 0 fully saturated rings. The van der Waals surface area contributed by atoms with Gasteiger partial charge in [-0.1, -0.05) is 20.8 Å². The zero-order valence-corrected chi connectivity index (χ0v) is 9.96. The van der Waals surface area contributed by atoms with Gasteiger partial charge >= 0.3 is 0 Å². The summed E-state index contributed by atoms with van der Waals surface area (Å²) in [5.41, 5.74) is 0.305. The lowest BCUT2D eigenvalue weighted by Crippen LogP contribution is -2.41. The lowest BCUT2D eigenvalue weighted by molar-refractivity contribution is 0.0824. The Morgan fingerprint density at radius 2 is 1.62 bits per heavy atom. The molecule has 0 aliphatic heterocycles. The molecule has 0 aliphatic rings. The van der Waals surface area contributed by atoms with Gasteiger partial charge in [0.15, 0.2) is 0 Å². The van der Waals surface area contributed by atoms with E-state index in [1.807, 2.05) is 6.92 Å². The Bertz CT molecular complexity index is 136. The maximum absolute atomic E-state index is 9.33. The lowest BCUT2D eigenvalue weighted by atomic mass is 9.95. The molecule has 0 aromatic carbocycles. The van der Waals surface area contributed by atoms with Crippen LogP contribution >= 0.6 is 0 Å². The summed E-state index contributed by atoms with van der Waals surface area (Å²) in [5.74, 6) is 0. The molecular weight excluding hydrogens is 162 g/mol. The van der Waals surface area contributed by atoms with Crippen LogP contribution in [0.3, 0.4) is 0 Å². The number of nitrogens with zero attached hydrogens (tertiary/aromatic N) is 1. The molecule has 0 saturated carbocycles. The van der Waals surface area contributed by atoms with Crippen molar-refractivity contribution in [3.05, 3.63) is 0 Å². The number of aliphatic hydroxyl groups excluding tert-OH is 1. The van der Waals surface area contributed by atoms with Crippen molar-refractivity contribution in [3.63, 3.8) is 0 Å². The van der Waals surface area contributed by atoms with Crippen molar-refractivity contribution in [2.24, 2.45) is 5.41 Å². The second kappa shape index (κ2) is 4.97. The molecule has 0 aliphatic carbocycles. The fraction of sp³-hybridized carbons (Fsp3) is 1.00. The largest absolute Gasteiger partial charge is 0.392 e. The third-order valence-corrected chi connectivity index (χ3v) is 1.91. The van der Waals surface area contributed by atoms with Crippen LogP contribution in [0.1, 0.15) is 41.5 Å². The van der Waals surface area contributed by atoms with Gasteiger partial charge in [-0.15, -0.1) is 0 Å². The molecule has 1 N–H and O–H groups in total. The van der Waals surface area contributed by atoms with Crippen molar-refractivity contribution >= 4 is 0 Å². The Labute approximate surface area is 82.9 Å². The van der Waals surface area contributed by atoms with E-state index < -0.39 is 0 Å². The first kappa shape index (κ1) is 12.9. The van der Waals surface area contributed by atoms with E-state index in [1.165, 1.54) is 0 Å². The van der Waals surface area contributed by atoms with Crippen LogP contribution in [-0.4, -0.2) is 35.2 Å². The van der Waals surface area contributed by atoms with Gasteiger partial charge in [0, 0.05) is 19.1 Å². The minimum Gasteiger partial charge on any atom is -0.392 e. The maximum atomic E-state index is 9.33. The molecule has 0 aromatic rings. The highest BCUT2D eigenvalue weighted by molar-refractivity contribution is 4.73. The molecule has 1 unspecified atom stereocenters. The zero-order valence-electron chi connectivity index (χ0n) is 9.96. The second-order valence-electron chi connectivity index (χ2n) is 5.43. The standard InChI is InChI=1S/C11H25NO/c1-9(2)12(7-10(3)13)8-11(4,5)6/h9-10,13H,7-8H2,1-6H3. The fourth-order valence-corrected chi connectivity index (χ4v) is 1.41. The first-order valence-corrected chi connectivity index (χ1v) is 5.14. The van der Waals surface area contributed by atoms with Crippen molar-refractivity contribution in [1.82, 2.24) is 4.90 Å². The van der Waals surface area contributed by atoms with Gasteiger partial charge in [0.05, 0.1) is 6.10 Å². The summed E-state index contributed by atoms with van der Waals surface area (Å²) in [6, 6.07) is 0.508. The van der Waals surface area contributed by atoms with Gasteiger partial charge in [-0.05, 0) is 26.2 Å². The highest BCUT2D eigenvalue weighted by Crippen LogP contribution is 2.17. The van der Waals surface area contributed by atoms with Gasteiger partial charge in [0.1, 0.15) is 0 Å². The van der Waals surface area contributed by atoms with Crippen LogP contribution in [0.5, 0.6) is 0 Å². The Balaban J connectivity index is 4.11. The molecule has 0 rings (SSSR count). The second-order valence-corrected chi connectivity index (χ2v) is 5.43. The monoisotopic (exact) mass is 187 g/mol. The molecule has 2 nitrogen and oxygen atoms in total. The van der Waals surface area contributed by atoms with Crippen molar-refractivity contribution in [3.8, 4) is 0 Å². The van der Waals surface area contributed by atoms with Gasteiger partial charge < -0.3 is 5.11 Å². The van der Waals surface area contributed by atoms with E-state index >= 15 is 0 Å². The molecule has 0 heterocycles. The molecule has 0 bridgehead atoms. The third kappa shape index (κ3) is 7.03. The predicted octanol–water partition coefficient (Wildman–Crippen LogP) is 2.12. The van der Waals surface area contributed by atoms with Crippen LogP contribution < -0.4 is 0 Å². The smallest absolute Gasteiger partial charge is 0.0639 e. The third-order valence-electron chi connectivity index (χ3n) is 1.91. The minimum absolute atomic E-state index is 0.232. The molecule has 0 spiro atoms. The first-order valence-electron chi connectivity index (χ1n) is 5.14. The normalized spacial score (nSPS) is 15.5. The van der Waals surface area contributed by atoms with Crippen LogP contribution in [0.2, 0.25) is 0 Å². The molecule has 0 aromatic heterocycles. The van der Waals surface area contributed by atoms with Gasteiger partial charge in [0.2, 0.25) is 0 Å². The molecule has 0 saturated heterocycles. The Morgan fingerprint density at radius 3 is 1.85 bits per heavy atom. The molecule has 0 radical (unpaired) electrons. The summed E-state index contributed by atoms with van der Waals surface area (Å²) < 4.78 is 0. The molecular formula is C11H25NO. The molecule has 0 amide bonds. The van der Waals surface area contributed by atoms with E-state index in [0.29, 0.717) is 11.5 Å². The van der Waals surface area contributed by atoms with Gasteiger partial charge in [-0.25, -0.2) is 0 Å². The van der Waals surface area contributed by atoms with Gasteiger partial charge in [-0.2, -0.15) is 0 Å². The molecule has 1 atom stereocenters. The van der Waals surface area contributed by atoms with Crippen LogP contribution in [0.15, 0.2) is 0 Å². The number of aliphatic hydroxyl groups is 1. The Hall–Kier alpha value is -0.0800. The molecule has 80 valence electrons. The van der Waals surface area contributed by atoms with E-state index in [-0.39, 0.29) is 6.10 Å². The average Bonchev–Trinajstić information content (AvgIpc) is 1.81. The van der Waals surface area contributed by atoms with Crippen molar-refractivity contribution in [2.75, 3.05) is 13.1 Å². The maximum Gasteiger partial charge on any atom is 0.0639 e. The lowest BCUT2D eigenvalue weighted by Gasteiger charge is -2.33. The zero-order chi connectivity index (χ0) is 10.6. The summed E-state index contributed by atoms with van der Waals surface area (Å²) in [6.45, 7) is 14.7. The van der Waals surface area contributed by atoms with E-state index in [2.05, 4.69) is 39.5 Å². The van der Waals surface area contributed by atoms with Gasteiger partial charge in [0.25, 0.3) is 0 Å². The van der Waals surface area contributed by atoms with Crippen LogP contribution in [0.25, 0.3) is 0 Å². The van der Waals surface area contributed by atoms with E-state index in [1.54, 1.807) is 0 Å². The number of rotatable bonds is 4. The highest BCUT2D eigenvalue weighted by Gasteiger charge is 2.19. The topological polar surface area (TPSA) is 23.5 Å². The van der Waals surface area contributed by atoms with E-state index in [9.17, 15) is 5.11 Å². The predicted molar refractivity (Wildman–Crippen MR) is 57.8 cm³/mol. The summed E-state index contributed by atoms with van der Waals surface area (Å²) in [7, 11) is 0. The van der Waals surface area contributed by atoms with Crippen LogP contribution in [0, 0.1) is 5.41 Å². The van der Waals surface area contributed by atoms with E-state index in [0.717, 1.165) is 13.1 Å². The van der Waals surface area contributed by atoms with Crippen molar-refractivity contribution < 1.29 is 5.11 Å². The summed E-state index contributed by atoms with van der Waals surface area (Å²) in [6.07, 6.45) is -0.232. The van der Waals surface area contributed by atoms with Crippen LogP contribution in [-0.2, 0) is 0 Å². The van der Waals surface area contributed by atoms with Crippen molar-refractivity contribution in [1.29, 1.82) is 0 Å². The van der Waals surface area contributed by atoms with E-state index in [4.69, 9.17) is 0 Å².